The summed E-state index contributed by atoms with van der Waals surface area (Å²) in [6, 6.07) is 5.79. The Morgan fingerprint density at radius 3 is 2.50 bits per heavy atom. The number of hydrogen-bond acceptors (Lipinski definition) is 3. The average Bonchev–Trinajstić information content (AvgIpc) is 2.40. The van der Waals surface area contributed by atoms with Crippen molar-refractivity contribution in [1.29, 1.82) is 0 Å². The topological polar surface area (TPSA) is 49.9 Å². The second-order valence-corrected chi connectivity index (χ2v) is 7.24. The van der Waals surface area contributed by atoms with Crippen molar-refractivity contribution in [3.05, 3.63) is 28.2 Å². The molecule has 22 heavy (non-hydrogen) atoms. The zero-order chi connectivity index (χ0) is 16.5. The van der Waals surface area contributed by atoms with Crippen molar-refractivity contribution in [3.8, 4) is 0 Å². The van der Waals surface area contributed by atoms with Crippen molar-refractivity contribution < 1.29 is 14.3 Å². The summed E-state index contributed by atoms with van der Waals surface area (Å²) in [7, 11) is 0. The van der Waals surface area contributed by atoms with E-state index in [2.05, 4.69) is 15.9 Å². The van der Waals surface area contributed by atoms with Gasteiger partial charge >= 0.3 is 6.09 Å². The van der Waals surface area contributed by atoms with Crippen LogP contribution in [0.3, 0.4) is 0 Å². The molecule has 0 aromatic heterocycles. The van der Waals surface area contributed by atoms with E-state index in [4.69, 9.17) is 4.74 Å². The molecule has 0 spiro atoms. The third kappa shape index (κ3) is 4.00. The third-order valence-electron chi connectivity index (χ3n) is 3.33. The predicted molar refractivity (Wildman–Crippen MR) is 89.0 cm³/mol. The number of anilines is 1. The lowest BCUT2D eigenvalue weighted by atomic mass is 10.2. The Morgan fingerprint density at radius 2 is 1.95 bits per heavy atom. The van der Waals surface area contributed by atoms with Crippen LogP contribution in [-0.2, 0) is 9.53 Å². The van der Waals surface area contributed by atoms with Gasteiger partial charge in [-0.05, 0) is 51.5 Å². The molecule has 1 fully saturated rings. The molecule has 0 aliphatic carbocycles. The molecule has 0 unspecified atom stereocenters. The second kappa shape index (κ2) is 6.28. The number of hydrogen-bond donors (Lipinski definition) is 0. The molecule has 1 aliphatic heterocycles. The summed E-state index contributed by atoms with van der Waals surface area (Å²) in [5, 5.41) is 0. The molecule has 1 aromatic carbocycles. The molecule has 6 heteroatoms. The molecule has 1 aliphatic rings. The number of benzene rings is 1. The van der Waals surface area contributed by atoms with E-state index >= 15 is 0 Å². The van der Waals surface area contributed by atoms with Crippen molar-refractivity contribution >= 4 is 33.6 Å². The van der Waals surface area contributed by atoms with E-state index in [0.717, 1.165) is 15.7 Å². The summed E-state index contributed by atoms with van der Waals surface area (Å²) in [5.41, 5.74) is 1.37. The number of piperazine rings is 1. The Balaban J connectivity index is 2.05. The Labute approximate surface area is 139 Å². The summed E-state index contributed by atoms with van der Waals surface area (Å²) in [5.74, 6) is -0.0983. The molecule has 0 atom stereocenters. The van der Waals surface area contributed by atoms with E-state index < -0.39 is 11.7 Å². The fraction of sp³-hybridized carbons (Fsp3) is 0.500. The van der Waals surface area contributed by atoms with Crippen molar-refractivity contribution in [2.24, 2.45) is 0 Å². The summed E-state index contributed by atoms with van der Waals surface area (Å²) in [6.45, 7) is 8.41. The van der Waals surface area contributed by atoms with E-state index in [9.17, 15) is 9.59 Å². The van der Waals surface area contributed by atoms with Gasteiger partial charge in [-0.1, -0.05) is 15.9 Å². The van der Waals surface area contributed by atoms with Crippen molar-refractivity contribution in [1.82, 2.24) is 4.90 Å². The molecular weight excluding hydrogens is 348 g/mol. The first-order chi connectivity index (χ1) is 10.2. The Kier molecular flexibility index (Phi) is 4.80. The number of nitrogens with zero attached hydrogens (tertiary/aromatic N) is 2. The number of amides is 2. The van der Waals surface area contributed by atoms with Crippen LogP contribution < -0.4 is 4.90 Å². The Morgan fingerprint density at radius 1 is 1.27 bits per heavy atom. The van der Waals surface area contributed by atoms with E-state index in [1.165, 1.54) is 4.90 Å². The molecule has 1 aromatic rings. The van der Waals surface area contributed by atoms with Crippen LogP contribution in [0.15, 0.2) is 22.7 Å². The standard InChI is InChI=1S/C16H21BrN2O3/c1-11-9-12(5-6-13(11)17)19-8-7-18(10-14(19)20)15(21)22-16(2,3)4/h5-6,9H,7-8,10H2,1-4H3. The van der Waals surface area contributed by atoms with Crippen LogP contribution in [0.25, 0.3) is 0 Å². The predicted octanol–water partition coefficient (Wildman–Crippen LogP) is 3.34. The number of halogens is 1. The van der Waals surface area contributed by atoms with E-state index in [1.54, 1.807) is 4.90 Å². The Bertz CT molecular complexity index is 596. The lowest BCUT2D eigenvalue weighted by molar-refractivity contribution is -0.121. The van der Waals surface area contributed by atoms with Gasteiger partial charge in [0.05, 0.1) is 0 Å². The monoisotopic (exact) mass is 368 g/mol. The molecule has 0 radical (unpaired) electrons. The molecule has 5 nitrogen and oxygen atoms in total. The maximum Gasteiger partial charge on any atom is 0.410 e. The first-order valence-corrected chi connectivity index (χ1v) is 8.01. The van der Waals surface area contributed by atoms with Crippen LogP contribution in [0, 0.1) is 6.92 Å². The maximum atomic E-state index is 12.3. The van der Waals surface area contributed by atoms with Crippen LogP contribution in [0.5, 0.6) is 0 Å². The van der Waals surface area contributed by atoms with Crippen LogP contribution in [-0.4, -0.2) is 42.1 Å². The van der Waals surface area contributed by atoms with Crippen LogP contribution in [0.1, 0.15) is 26.3 Å². The molecule has 2 amide bonds. The van der Waals surface area contributed by atoms with Gasteiger partial charge < -0.3 is 9.64 Å². The van der Waals surface area contributed by atoms with Gasteiger partial charge in [-0.15, -0.1) is 0 Å². The highest BCUT2D eigenvalue weighted by Crippen LogP contribution is 2.24. The van der Waals surface area contributed by atoms with Crippen molar-refractivity contribution in [2.75, 3.05) is 24.5 Å². The summed E-state index contributed by atoms with van der Waals surface area (Å²) in [6.07, 6.45) is -0.438. The molecular formula is C16H21BrN2O3. The van der Waals surface area contributed by atoms with Crippen LogP contribution in [0.2, 0.25) is 0 Å². The minimum absolute atomic E-state index is 0.0457. The first kappa shape index (κ1) is 16.8. The summed E-state index contributed by atoms with van der Waals surface area (Å²) >= 11 is 3.45. The molecule has 0 saturated carbocycles. The van der Waals surface area contributed by atoms with E-state index in [0.29, 0.717) is 13.1 Å². The maximum absolute atomic E-state index is 12.3. The highest BCUT2D eigenvalue weighted by Gasteiger charge is 2.30. The summed E-state index contributed by atoms with van der Waals surface area (Å²) < 4.78 is 6.32. The molecule has 1 heterocycles. The minimum Gasteiger partial charge on any atom is -0.444 e. The lowest BCUT2D eigenvalue weighted by Crippen LogP contribution is -2.53. The Hall–Kier alpha value is -1.56. The zero-order valence-corrected chi connectivity index (χ0v) is 14.9. The van der Waals surface area contributed by atoms with E-state index in [-0.39, 0.29) is 12.5 Å². The van der Waals surface area contributed by atoms with Gasteiger partial charge in [0.2, 0.25) is 5.91 Å². The largest absolute Gasteiger partial charge is 0.444 e. The molecule has 2 rings (SSSR count). The van der Waals surface area contributed by atoms with Gasteiger partial charge in [0, 0.05) is 23.2 Å². The van der Waals surface area contributed by atoms with Gasteiger partial charge in [0.1, 0.15) is 12.1 Å². The third-order valence-corrected chi connectivity index (χ3v) is 4.22. The molecule has 0 bridgehead atoms. The number of ether oxygens (including phenoxy) is 1. The SMILES string of the molecule is Cc1cc(N2CCN(C(=O)OC(C)(C)C)CC2=O)ccc1Br. The van der Waals surface area contributed by atoms with Crippen molar-refractivity contribution in [3.63, 3.8) is 0 Å². The quantitative estimate of drug-likeness (QED) is 0.763. The molecule has 0 N–H and O–H groups in total. The van der Waals surface area contributed by atoms with Gasteiger partial charge in [-0.3, -0.25) is 9.69 Å². The number of aryl methyl sites for hydroxylation is 1. The van der Waals surface area contributed by atoms with Gasteiger partial charge in [-0.2, -0.15) is 0 Å². The fourth-order valence-corrected chi connectivity index (χ4v) is 2.47. The smallest absolute Gasteiger partial charge is 0.410 e. The first-order valence-electron chi connectivity index (χ1n) is 7.22. The van der Waals surface area contributed by atoms with Crippen LogP contribution >= 0.6 is 15.9 Å². The number of carbonyl (C=O) groups is 2. The van der Waals surface area contributed by atoms with Gasteiger partial charge in [0.15, 0.2) is 0 Å². The fourth-order valence-electron chi connectivity index (χ4n) is 2.23. The van der Waals surface area contributed by atoms with Gasteiger partial charge in [-0.25, -0.2) is 4.79 Å². The highest BCUT2D eigenvalue weighted by molar-refractivity contribution is 9.10. The zero-order valence-electron chi connectivity index (χ0n) is 13.4. The van der Waals surface area contributed by atoms with Gasteiger partial charge in [0.25, 0.3) is 0 Å². The van der Waals surface area contributed by atoms with E-state index in [1.807, 2.05) is 45.9 Å². The van der Waals surface area contributed by atoms with Crippen molar-refractivity contribution in [2.45, 2.75) is 33.3 Å². The number of rotatable bonds is 1. The van der Waals surface area contributed by atoms with Crippen LogP contribution in [0.4, 0.5) is 10.5 Å². The minimum atomic E-state index is -0.555. The highest BCUT2D eigenvalue weighted by atomic mass is 79.9. The normalized spacial score (nSPS) is 16.0. The average molecular weight is 369 g/mol. The molecule has 120 valence electrons. The molecule has 1 saturated heterocycles. The number of carbonyl (C=O) groups excluding carboxylic acids is 2. The second-order valence-electron chi connectivity index (χ2n) is 6.38. The lowest BCUT2D eigenvalue weighted by Gasteiger charge is -2.35. The summed E-state index contributed by atoms with van der Waals surface area (Å²) in [4.78, 5) is 27.5.